The van der Waals surface area contributed by atoms with Gasteiger partial charge in [-0.1, -0.05) is 147 Å². The number of benzene rings is 6. The van der Waals surface area contributed by atoms with Gasteiger partial charge < -0.3 is 0 Å². The summed E-state index contributed by atoms with van der Waals surface area (Å²) in [5, 5.41) is 0. The molecule has 0 spiro atoms. The topological polar surface area (TPSA) is 68.3 Å². The molecule has 2 aliphatic heterocycles. The molecule has 0 amide bonds. The van der Waals surface area contributed by atoms with E-state index in [9.17, 15) is 16.8 Å². The second kappa shape index (κ2) is 14.0. The first kappa shape index (κ1) is 40.4. The summed E-state index contributed by atoms with van der Waals surface area (Å²) in [5.41, 5.74) is -1.91. The lowest BCUT2D eigenvalue weighted by Crippen LogP contribution is -2.49. The van der Waals surface area contributed by atoms with Gasteiger partial charge in [-0.2, -0.15) is 26.3 Å². The molecule has 6 aromatic carbocycles. The van der Waals surface area contributed by atoms with E-state index >= 15 is 26.3 Å². The molecule has 0 bridgehead atoms. The minimum atomic E-state index is -6.09. The van der Waals surface area contributed by atoms with Gasteiger partial charge in [0.1, 0.15) is 0 Å². The summed E-state index contributed by atoms with van der Waals surface area (Å²) in [6.07, 6.45) is -1.05. The van der Waals surface area contributed by atoms with Gasteiger partial charge in [0.05, 0.1) is 19.6 Å². The van der Waals surface area contributed by atoms with Crippen molar-refractivity contribution in [3.63, 3.8) is 0 Å². The maximum absolute atomic E-state index is 16.7. The van der Waals surface area contributed by atoms with Crippen LogP contribution >= 0.6 is 0 Å². The molecule has 4 nitrogen and oxygen atoms in total. The van der Waals surface area contributed by atoms with Crippen molar-refractivity contribution >= 4 is 30.8 Å². The van der Waals surface area contributed by atoms with Crippen LogP contribution in [0.5, 0.6) is 0 Å². The molecule has 9 rings (SSSR count). The summed E-state index contributed by atoms with van der Waals surface area (Å²) < 4.78 is 156. The van der Waals surface area contributed by atoms with Gasteiger partial charge in [-0.15, -0.1) is 0 Å². The Morgan fingerprint density at radius 3 is 1.03 bits per heavy atom. The Bertz CT molecular complexity index is 2940. The highest BCUT2D eigenvalue weighted by molar-refractivity contribution is 7.96. The Kier molecular flexibility index (Phi) is 9.30. The van der Waals surface area contributed by atoms with Gasteiger partial charge in [-0.25, -0.2) is 16.8 Å². The van der Waals surface area contributed by atoms with E-state index in [-0.39, 0.29) is 0 Å². The molecule has 0 aromatic heterocycles. The summed E-state index contributed by atoms with van der Waals surface area (Å²) in [4.78, 5) is -2.56. The van der Waals surface area contributed by atoms with E-state index < -0.39 is 103 Å². The summed E-state index contributed by atoms with van der Waals surface area (Å²) in [6.45, 7) is 2.60. The van der Waals surface area contributed by atoms with E-state index in [1.807, 2.05) is 72.8 Å². The van der Waals surface area contributed by atoms with Gasteiger partial charge in [0, 0.05) is 33.4 Å². The summed E-state index contributed by atoms with van der Waals surface area (Å²) in [6, 6.07) is 40.1. The summed E-state index contributed by atoms with van der Waals surface area (Å²) >= 11 is 0. The lowest BCUT2D eigenvalue weighted by Gasteiger charge is -2.26. The smallest absolute Gasteiger partial charge is 0.219 e. The molecule has 0 unspecified atom stereocenters. The van der Waals surface area contributed by atoms with Crippen molar-refractivity contribution in [1.29, 1.82) is 0 Å². The summed E-state index contributed by atoms with van der Waals surface area (Å²) in [5.74, 6) is -17.4. The maximum atomic E-state index is 16.7. The minimum absolute atomic E-state index is 0.345. The van der Waals surface area contributed by atoms with Gasteiger partial charge in [-0.05, 0) is 69.5 Å². The molecule has 1 aliphatic carbocycles. The fraction of sp³-hybridized carbons (Fsp3) is 0.143. The van der Waals surface area contributed by atoms with Crippen molar-refractivity contribution in [3.05, 3.63) is 178 Å². The molecule has 0 N–H and O–H groups in total. The van der Waals surface area contributed by atoms with Crippen LogP contribution in [0.1, 0.15) is 37.8 Å². The Morgan fingerprint density at radius 1 is 0.393 bits per heavy atom. The van der Waals surface area contributed by atoms with Crippen LogP contribution in [0.4, 0.5) is 26.3 Å². The molecule has 3 aliphatic rings. The van der Waals surface area contributed by atoms with Crippen LogP contribution in [0.25, 0.3) is 55.7 Å². The third-order valence-electron chi connectivity index (χ3n) is 11.7. The van der Waals surface area contributed by atoms with E-state index in [0.717, 1.165) is 11.1 Å². The van der Waals surface area contributed by atoms with Crippen LogP contribution in [-0.2, 0) is 19.7 Å². The van der Waals surface area contributed by atoms with Crippen molar-refractivity contribution < 1.29 is 43.2 Å². The molecule has 2 heterocycles. The van der Waals surface area contributed by atoms with Crippen molar-refractivity contribution in [2.45, 2.75) is 54.2 Å². The first-order valence-electron chi connectivity index (χ1n) is 19.4. The van der Waals surface area contributed by atoms with Crippen molar-refractivity contribution in [2.24, 2.45) is 0 Å². The van der Waals surface area contributed by atoms with Crippen LogP contribution in [0.2, 0.25) is 0 Å². The zero-order chi connectivity index (χ0) is 43.3. The first-order chi connectivity index (χ1) is 29.0. The van der Waals surface area contributed by atoms with Gasteiger partial charge in [0.25, 0.3) is 0 Å². The van der Waals surface area contributed by atoms with E-state index in [0.29, 0.717) is 33.4 Å². The number of rotatable bonds is 8. The van der Waals surface area contributed by atoms with Gasteiger partial charge in [-0.3, -0.25) is 0 Å². The highest BCUT2D eigenvalue weighted by Gasteiger charge is 2.81. The molecule has 12 heteroatoms. The lowest BCUT2D eigenvalue weighted by atomic mass is 9.85. The molecular weight excluding hydrogens is 831 g/mol. The molecule has 61 heavy (non-hydrogen) atoms. The number of alkyl halides is 6. The molecule has 0 radical (unpaired) electrons. The number of halogens is 6. The number of sulfone groups is 2. The zero-order valence-electron chi connectivity index (χ0n) is 32.5. The van der Waals surface area contributed by atoms with E-state index in [2.05, 4.69) is 0 Å². The largest absolute Gasteiger partial charge is 0.380 e. The standard InChI is InChI=1S/C49H34F6O4S2/c1-3-39-43(37-25-23-31(27-41(37)60(39,56)57)35-21-13-11-19-33(35)29-15-7-5-8-16-29)45-46(48(52,53)49(54,55)47(45,50)51)44-38-26-24-32(28-42(38)61(58,59)40(44)4-2)36-22-14-12-20-34(36)30-17-9-6-10-18-30/h5-28H,3-4H2,1-2H3. The van der Waals surface area contributed by atoms with E-state index in [1.54, 1.807) is 36.4 Å². The fourth-order valence-corrected chi connectivity index (χ4v) is 12.7. The second-order valence-corrected chi connectivity index (χ2v) is 18.9. The normalized spacial score (nSPS) is 19.0. The average molecular weight is 865 g/mol. The first-order valence-corrected chi connectivity index (χ1v) is 22.4. The quantitative estimate of drug-likeness (QED) is 0.143. The van der Waals surface area contributed by atoms with Crippen LogP contribution in [0.15, 0.2) is 176 Å². The Balaban J connectivity index is 1.29. The zero-order valence-corrected chi connectivity index (χ0v) is 34.1. The minimum Gasteiger partial charge on any atom is -0.219 e. The molecular formula is C49H34F6O4S2. The number of hydrogen-bond acceptors (Lipinski definition) is 4. The Hall–Kier alpha value is -5.98. The lowest BCUT2D eigenvalue weighted by molar-refractivity contribution is -0.263. The van der Waals surface area contributed by atoms with Gasteiger partial charge >= 0.3 is 17.8 Å². The van der Waals surface area contributed by atoms with Crippen molar-refractivity contribution in [2.75, 3.05) is 0 Å². The number of allylic oxidation sites excluding steroid dienone is 6. The fourth-order valence-electron chi connectivity index (χ4n) is 8.95. The number of fused-ring (bicyclic) bond motifs is 2. The van der Waals surface area contributed by atoms with Crippen molar-refractivity contribution in [1.82, 2.24) is 0 Å². The summed E-state index contributed by atoms with van der Waals surface area (Å²) in [7, 11) is -9.48. The van der Waals surface area contributed by atoms with E-state index in [1.165, 1.54) is 50.2 Å². The predicted molar refractivity (Wildman–Crippen MR) is 225 cm³/mol. The van der Waals surface area contributed by atoms with Crippen LogP contribution in [0, 0.1) is 0 Å². The SMILES string of the molecule is CCC1=C(C2=C(C3=C(CC)S(=O)(=O)c4cc(-c5ccccc5-c5ccccc5)ccc43)C(F)(F)C(F)(F)C2(F)F)c2ccc(-c3ccccc3-c3ccccc3)cc2S1(=O)=O. The molecule has 0 fully saturated rings. The third kappa shape index (κ3) is 5.71. The van der Waals surface area contributed by atoms with Gasteiger partial charge in [0.2, 0.25) is 19.7 Å². The molecule has 6 aromatic rings. The van der Waals surface area contributed by atoms with E-state index in [4.69, 9.17) is 0 Å². The highest BCUT2D eigenvalue weighted by atomic mass is 32.2. The van der Waals surface area contributed by atoms with Gasteiger partial charge in [0.15, 0.2) is 0 Å². The molecule has 0 saturated heterocycles. The average Bonchev–Trinajstić information content (AvgIpc) is 3.66. The third-order valence-corrected chi connectivity index (χ3v) is 15.9. The Labute approximate surface area is 349 Å². The highest BCUT2D eigenvalue weighted by Crippen LogP contribution is 2.68. The monoisotopic (exact) mass is 864 g/mol. The predicted octanol–water partition coefficient (Wildman–Crippen LogP) is 13.1. The van der Waals surface area contributed by atoms with Crippen LogP contribution < -0.4 is 0 Å². The second-order valence-electron chi connectivity index (χ2n) is 15.0. The maximum Gasteiger partial charge on any atom is 0.380 e. The van der Waals surface area contributed by atoms with Crippen LogP contribution in [-0.4, -0.2) is 34.6 Å². The molecule has 0 atom stereocenters. The number of hydrogen-bond donors (Lipinski definition) is 0. The molecule has 308 valence electrons. The Morgan fingerprint density at radius 2 is 0.705 bits per heavy atom. The van der Waals surface area contributed by atoms with Crippen molar-refractivity contribution in [3.8, 4) is 44.5 Å². The molecule has 0 saturated carbocycles. The van der Waals surface area contributed by atoms with Crippen LogP contribution in [0.3, 0.4) is 0 Å².